The van der Waals surface area contributed by atoms with Crippen LogP contribution in [0, 0.1) is 20.8 Å². The van der Waals surface area contributed by atoms with Gasteiger partial charge in [0.15, 0.2) is 5.78 Å². The van der Waals surface area contributed by atoms with Gasteiger partial charge in [-0.25, -0.2) is 0 Å². The fraction of sp³-hybridized carbons (Fsp3) is 0.136. The molecule has 0 heterocycles. The lowest BCUT2D eigenvalue weighted by atomic mass is 9.87. The van der Waals surface area contributed by atoms with Gasteiger partial charge in [-0.2, -0.15) is 0 Å². The first kappa shape index (κ1) is 15.2. The Balaban J connectivity index is 2.14. The number of hydrogen-bond acceptors (Lipinski definition) is 1. The SMILES string of the molecule is Cc1cc(C(=O)c2ccccc2)c(C)c(C)c1-c1ccccc1. The third-order valence-corrected chi connectivity index (χ3v) is 4.44. The maximum Gasteiger partial charge on any atom is 0.193 e. The Morgan fingerprint density at radius 2 is 1.30 bits per heavy atom. The first-order valence-electron chi connectivity index (χ1n) is 7.85. The second kappa shape index (κ2) is 6.21. The van der Waals surface area contributed by atoms with Crippen LogP contribution in [0.4, 0.5) is 0 Å². The van der Waals surface area contributed by atoms with Gasteiger partial charge in [0.2, 0.25) is 0 Å². The largest absolute Gasteiger partial charge is 0.289 e. The Morgan fingerprint density at radius 1 is 0.739 bits per heavy atom. The van der Waals surface area contributed by atoms with Crippen LogP contribution in [-0.2, 0) is 0 Å². The molecule has 0 unspecified atom stereocenters. The molecule has 0 aliphatic carbocycles. The second-order valence-corrected chi connectivity index (χ2v) is 5.93. The quantitative estimate of drug-likeness (QED) is 0.583. The van der Waals surface area contributed by atoms with Crippen molar-refractivity contribution >= 4 is 5.78 Å². The standard InChI is InChI=1S/C22H20O/c1-15-14-20(22(23)19-12-8-5-9-13-19)16(2)17(3)21(15)18-10-6-4-7-11-18/h4-14H,1-3H3. The van der Waals surface area contributed by atoms with Gasteiger partial charge in [-0.05, 0) is 54.7 Å². The molecule has 0 amide bonds. The van der Waals surface area contributed by atoms with E-state index in [0.29, 0.717) is 0 Å². The predicted octanol–water partition coefficient (Wildman–Crippen LogP) is 5.51. The molecular formula is C22H20O. The molecule has 1 nitrogen and oxygen atoms in total. The van der Waals surface area contributed by atoms with Crippen molar-refractivity contribution in [3.05, 3.63) is 94.5 Å². The van der Waals surface area contributed by atoms with Crippen molar-refractivity contribution in [2.24, 2.45) is 0 Å². The van der Waals surface area contributed by atoms with E-state index in [1.165, 1.54) is 16.7 Å². The van der Waals surface area contributed by atoms with Crippen molar-refractivity contribution in [1.82, 2.24) is 0 Å². The Labute approximate surface area is 137 Å². The molecule has 23 heavy (non-hydrogen) atoms. The number of carbonyl (C=O) groups excluding carboxylic acids is 1. The summed E-state index contributed by atoms with van der Waals surface area (Å²) in [5, 5.41) is 0. The fourth-order valence-corrected chi connectivity index (χ4v) is 3.11. The van der Waals surface area contributed by atoms with Crippen molar-refractivity contribution in [3.8, 4) is 11.1 Å². The third kappa shape index (κ3) is 2.83. The van der Waals surface area contributed by atoms with Crippen LogP contribution in [0.25, 0.3) is 11.1 Å². The molecule has 0 aliphatic rings. The van der Waals surface area contributed by atoms with Crippen molar-refractivity contribution in [2.75, 3.05) is 0 Å². The van der Waals surface area contributed by atoms with E-state index in [4.69, 9.17) is 0 Å². The summed E-state index contributed by atoms with van der Waals surface area (Å²) >= 11 is 0. The summed E-state index contributed by atoms with van der Waals surface area (Å²) < 4.78 is 0. The van der Waals surface area contributed by atoms with Crippen LogP contribution in [0.2, 0.25) is 0 Å². The molecular weight excluding hydrogens is 280 g/mol. The summed E-state index contributed by atoms with van der Waals surface area (Å²) in [6.45, 7) is 6.22. The van der Waals surface area contributed by atoms with Gasteiger partial charge in [0, 0.05) is 11.1 Å². The highest BCUT2D eigenvalue weighted by Gasteiger charge is 2.17. The molecule has 0 saturated carbocycles. The minimum atomic E-state index is 0.0916. The van der Waals surface area contributed by atoms with Gasteiger partial charge in [-0.3, -0.25) is 4.79 Å². The summed E-state index contributed by atoms with van der Waals surface area (Å²) in [4.78, 5) is 12.8. The van der Waals surface area contributed by atoms with Crippen LogP contribution in [0.1, 0.15) is 32.6 Å². The topological polar surface area (TPSA) is 17.1 Å². The van der Waals surface area contributed by atoms with Gasteiger partial charge in [0.25, 0.3) is 0 Å². The average molecular weight is 300 g/mol. The van der Waals surface area contributed by atoms with Gasteiger partial charge < -0.3 is 0 Å². The van der Waals surface area contributed by atoms with Gasteiger partial charge in [0.05, 0.1) is 0 Å². The Hall–Kier alpha value is -2.67. The normalized spacial score (nSPS) is 10.6. The summed E-state index contributed by atoms with van der Waals surface area (Å²) in [6, 6.07) is 21.9. The van der Waals surface area contributed by atoms with E-state index in [1.807, 2.05) is 61.5 Å². The molecule has 0 atom stereocenters. The Bertz CT molecular complexity index is 846. The maximum absolute atomic E-state index is 12.8. The number of benzene rings is 3. The number of rotatable bonds is 3. The van der Waals surface area contributed by atoms with E-state index < -0.39 is 0 Å². The summed E-state index contributed by atoms with van der Waals surface area (Å²) in [5.41, 5.74) is 7.34. The van der Waals surface area contributed by atoms with Gasteiger partial charge in [-0.1, -0.05) is 60.7 Å². The second-order valence-electron chi connectivity index (χ2n) is 5.93. The monoisotopic (exact) mass is 300 g/mol. The average Bonchev–Trinajstić information content (AvgIpc) is 2.59. The van der Waals surface area contributed by atoms with Crippen molar-refractivity contribution in [1.29, 1.82) is 0 Å². The first-order chi connectivity index (χ1) is 11.1. The third-order valence-electron chi connectivity index (χ3n) is 4.44. The van der Waals surface area contributed by atoms with E-state index in [-0.39, 0.29) is 5.78 Å². The Kier molecular flexibility index (Phi) is 4.12. The van der Waals surface area contributed by atoms with Crippen molar-refractivity contribution in [3.63, 3.8) is 0 Å². The zero-order valence-electron chi connectivity index (χ0n) is 13.8. The van der Waals surface area contributed by atoms with Crippen molar-refractivity contribution in [2.45, 2.75) is 20.8 Å². The summed E-state index contributed by atoms with van der Waals surface area (Å²) in [7, 11) is 0. The minimum Gasteiger partial charge on any atom is -0.289 e. The van der Waals surface area contributed by atoms with E-state index in [2.05, 4.69) is 26.0 Å². The first-order valence-corrected chi connectivity index (χ1v) is 7.85. The molecule has 0 aliphatic heterocycles. The highest BCUT2D eigenvalue weighted by Crippen LogP contribution is 2.32. The number of aryl methyl sites for hydroxylation is 1. The van der Waals surface area contributed by atoms with Gasteiger partial charge in [0.1, 0.15) is 0 Å². The van der Waals surface area contributed by atoms with Crippen molar-refractivity contribution < 1.29 is 4.79 Å². The van der Waals surface area contributed by atoms with Crippen LogP contribution in [0.5, 0.6) is 0 Å². The van der Waals surface area contributed by atoms with E-state index in [9.17, 15) is 4.79 Å². The summed E-state index contributed by atoms with van der Waals surface area (Å²) in [5.74, 6) is 0.0916. The van der Waals surface area contributed by atoms with Crippen LogP contribution in [0.3, 0.4) is 0 Å². The smallest absolute Gasteiger partial charge is 0.193 e. The lowest BCUT2D eigenvalue weighted by Crippen LogP contribution is -2.07. The molecule has 0 radical (unpaired) electrons. The molecule has 1 heteroatoms. The number of ketones is 1. The highest BCUT2D eigenvalue weighted by molar-refractivity contribution is 6.10. The molecule has 3 aromatic carbocycles. The number of carbonyl (C=O) groups is 1. The van der Waals surface area contributed by atoms with Crippen LogP contribution >= 0.6 is 0 Å². The lowest BCUT2D eigenvalue weighted by Gasteiger charge is -2.16. The molecule has 3 aromatic rings. The molecule has 0 N–H and O–H groups in total. The molecule has 0 aromatic heterocycles. The molecule has 0 spiro atoms. The molecule has 0 saturated heterocycles. The molecule has 0 bridgehead atoms. The minimum absolute atomic E-state index is 0.0916. The van der Waals surface area contributed by atoms with Crippen LogP contribution < -0.4 is 0 Å². The zero-order valence-corrected chi connectivity index (χ0v) is 13.8. The van der Waals surface area contributed by atoms with E-state index >= 15 is 0 Å². The highest BCUT2D eigenvalue weighted by atomic mass is 16.1. The van der Waals surface area contributed by atoms with E-state index in [1.54, 1.807) is 0 Å². The maximum atomic E-state index is 12.8. The van der Waals surface area contributed by atoms with E-state index in [0.717, 1.165) is 22.3 Å². The summed E-state index contributed by atoms with van der Waals surface area (Å²) in [6.07, 6.45) is 0. The van der Waals surface area contributed by atoms with Gasteiger partial charge >= 0.3 is 0 Å². The predicted molar refractivity (Wildman–Crippen MR) is 96.0 cm³/mol. The molecule has 114 valence electrons. The molecule has 0 fully saturated rings. The number of hydrogen-bond donors (Lipinski definition) is 0. The van der Waals surface area contributed by atoms with Crippen LogP contribution in [-0.4, -0.2) is 5.78 Å². The lowest BCUT2D eigenvalue weighted by molar-refractivity contribution is 0.103. The molecule has 3 rings (SSSR count). The van der Waals surface area contributed by atoms with Gasteiger partial charge in [-0.15, -0.1) is 0 Å². The fourth-order valence-electron chi connectivity index (χ4n) is 3.11. The Morgan fingerprint density at radius 3 is 1.91 bits per heavy atom. The van der Waals surface area contributed by atoms with Crippen LogP contribution in [0.15, 0.2) is 66.7 Å². The zero-order chi connectivity index (χ0) is 16.4.